The van der Waals surface area contributed by atoms with Crippen molar-refractivity contribution in [2.24, 2.45) is 23.0 Å². The Bertz CT molecular complexity index is 1280. The molecule has 7 rings (SSSR count). The number of ketones is 1. The highest BCUT2D eigenvalue weighted by Crippen LogP contribution is 2.67. The van der Waals surface area contributed by atoms with E-state index in [9.17, 15) is 9.90 Å². The highest BCUT2D eigenvalue weighted by atomic mass is 16.7. The Labute approximate surface area is 206 Å². The van der Waals surface area contributed by atoms with Gasteiger partial charge < -0.3 is 20.3 Å². The van der Waals surface area contributed by atoms with Gasteiger partial charge in [-0.1, -0.05) is 24.5 Å². The van der Waals surface area contributed by atoms with E-state index in [1.807, 2.05) is 19.1 Å². The fraction of sp³-hybridized carbons (Fsp3) is 0.567. The number of hydrogen-bond acceptors (Lipinski definition) is 5. The zero-order valence-corrected chi connectivity index (χ0v) is 20.5. The van der Waals surface area contributed by atoms with E-state index in [-0.39, 0.29) is 23.2 Å². The lowest BCUT2D eigenvalue weighted by atomic mass is 9.51. The Balaban J connectivity index is 1.37. The Hall–Kier alpha value is -2.55. The zero-order chi connectivity index (χ0) is 24.2. The third kappa shape index (κ3) is 2.87. The molecule has 1 aromatic carbocycles. The van der Waals surface area contributed by atoms with Gasteiger partial charge in [-0.2, -0.15) is 0 Å². The SMILES string of the molecule is CC#C[C@]1(O)CC[C@H]2[C@@H]3CCC4=CC(=O)CCC4=C3[C@@H](c3ccc4c(c3)OC3(CC3N)O4)C[C@@]21C. The molecule has 3 fully saturated rings. The molecule has 1 heterocycles. The van der Waals surface area contributed by atoms with Crippen molar-refractivity contribution in [1.82, 2.24) is 0 Å². The molecule has 0 amide bonds. The second kappa shape index (κ2) is 7.02. The van der Waals surface area contributed by atoms with Gasteiger partial charge >= 0.3 is 0 Å². The maximum atomic E-state index is 12.3. The van der Waals surface area contributed by atoms with E-state index in [4.69, 9.17) is 15.2 Å². The number of ether oxygens (including phenoxy) is 2. The Morgan fingerprint density at radius 2 is 1.91 bits per heavy atom. The van der Waals surface area contributed by atoms with Crippen LogP contribution in [-0.2, 0) is 4.79 Å². The first-order valence-corrected chi connectivity index (χ1v) is 13.2. The molecule has 2 unspecified atom stereocenters. The summed E-state index contributed by atoms with van der Waals surface area (Å²) in [6.07, 6.45) is 8.58. The Morgan fingerprint density at radius 3 is 2.69 bits per heavy atom. The first kappa shape index (κ1) is 21.7. The van der Waals surface area contributed by atoms with Crippen molar-refractivity contribution in [3.05, 3.63) is 46.6 Å². The summed E-state index contributed by atoms with van der Waals surface area (Å²) >= 11 is 0. The average Bonchev–Trinajstić information content (AvgIpc) is 3.17. The van der Waals surface area contributed by atoms with Crippen LogP contribution in [0.15, 0.2) is 41.0 Å². The van der Waals surface area contributed by atoms with E-state index in [2.05, 4.69) is 30.9 Å². The number of allylic oxidation sites excluding steroid dienone is 4. The lowest BCUT2D eigenvalue weighted by Crippen LogP contribution is -2.51. The molecular weight excluding hydrogens is 438 g/mol. The van der Waals surface area contributed by atoms with Crippen molar-refractivity contribution in [2.75, 3.05) is 0 Å². The van der Waals surface area contributed by atoms with E-state index >= 15 is 0 Å². The highest BCUT2D eigenvalue weighted by molar-refractivity contribution is 5.93. The molecule has 6 aliphatic rings. The number of benzene rings is 1. The second-order valence-corrected chi connectivity index (χ2v) is 11.8. The molecule has 3 saturated carbocycles. The highest BCUT2D eigenvalue weighted by Gasteiger charge is 2.64. The van der Waals surface area contributed by atoms with Gasteiger partial charge in [0.2, 0.25) is 0 Å². The van der Waals surface area contributed by atoms with Crippen molar-refractivity contribution in [3.63, 3.8) is 0 Å². The van der Waals surface area contributed by atoms with E-state index in [0.717, 1.165) is 50.0 Å². The van der Waals surface area contributed by atoms with Crippen molar-refractivity contribution < 1.29 is 19.4 Å². The number of rotatable bonds is 1. The van der Waals surface area contributed by atoms with Gasteiger partial charge in [0.25, 0.3) is 5.79 Å². The van der Waals surface area contributed by atoms with Gasteiger partial charge in [0, 0.05) is 24.2 Å². The van der Waals surface area contributed by atoms with Crippen LogP contribution in [0.2, 0.25) is 0 Å². The first-order chi connectivity index (χ1) is 16.8. The number of nitrogens with two attached hydrogens (primary N) is 1. The van der Waals surface area contributed by atoms with Gasteiger partial charge in [0.1, 0.15) is 5.60 Å². The summed E-state index contributed by atoms with van der Waals surface area (Å²) in [6, 6.07) is 6.24. The predicted octanol–water partition coefficient (Wildman–Crippen LogP) is 4.54. The standard InChI is InChI=1S/C30H33NO4/c1-3-11-29(33)12-10-23-21-7-4-17-13-19(32)6-8-20(17)27(21)22(15-28(23,29)2)18-5-9-24-25(14-18)35-30(34-24)16-26(30)31/h5,9,13-14,21-23,26,33H,4,6-8,10,12,15-16,31H2,1-2H3/t21-,22+,23-,26?,28-,29-,30?/m0/s1. The quantitative estimate of drug-likeness (QED) is 0.588. The fourth-order valence-corrected chi connectivity index (χ4v) is 8.16. The minimum absolute atomic E-state index is 0.0889. The van der Waals surface area contributed by atoms with Crippen LogP contribution in [0.4, 0.5) is 0 Å². The molecule has 0 radical (unpaired) electrons. The molecule has 3 N–H and O–H groups in total. The predicted molar refractivity (Wildman–Crippen MR) is 132 cm³/mol. The molecule has 5 nitrogen and oxygen atoms in total. The van der Waals surface area contributed by atoms with Gasteiger partial charge in [0.15, 0.2) is 17.3 Å². The van der Waals surface area contributed by atoms with Crippen LogP contribution in [0.25, 0.3) is 0 Å². The smallest absolute Gasteiger partial charge is 0.268 e. The topological polar surface area (TPSA) is 81.8 Å². The van der Waals surface area contributed by atoms with E-state index < -0.39 is 11.4 Å². The third-order valence-corrected chi connectivity index (χ3v) is 10.1. The third-order valence-electron chi connectivity index (χ3n) is 10.1. The molecule has 1 aromatic rings. The van der Waals surface area contributed by atoms with Crippen molar-refractivity contribution in [1.29, 1.82) is 0 Å². The monoisotopic (exact) mass is 471 g/mol. The summed E-state index contributed by atoms with van der Waals surface area (Å²) in [4.78, 5) is 12.3. The molecule has 0 saturated heterocycles. The van der Waals surface area contributed by atoms with Crippen LogP contribution in [0.5, 0.6) is 11.5 Å². The van der Waals surface area contributed by atoms with Crippen LogP contribution >= 0.6 is 0 Å². The van der Waals surface area contributed by atoms with Crippen LogP contribution in [0.1, 0.15) is 76.7 Å². The Kier molecular flexibility index (Phi) is 4.35. The number of hydrogen-bond donors (Lipinski definition) is 2. The van der Waals surface area contributed by atoms with E-state index in [0.29, 0.717) is 24.7 Å². The molecule has 5 heteroatoms. The minimum atomic E-state index is -0.972. The number of aliphatic hydroxyl groups is 1. The van der Waals surface area contributed by atoms with Crippen molar-refractivity contribution >= 4 is 5.78 Å². The summed E-state index contributed by atoms with van der Waals surface area (Å²) in [6.45, 7) is 4.10. The van der Waals surface area contributed by atoms with Crippen molar-refractivity contribution in [2.45, 2.75) is 88.6 Å². The maximum absolute atomic E-state index is 12.3. The number of carbonyl (C=O) groups excluding carboxylic acids is 1. The van der Waals surface area contributed by atoms with Gasteiger partial charge in [-0.3, -0.25) is 4.79 Å². The summed E-state index contributed by atoms with van der Waals surface area (Å²) in [5.74, 6) is 8.31. The van der Waals surface area contributed by atoms with Crippen LogP contribution in [-0.4, -0.2) is 28.3 Å². The summed E-state index contributed by atoms with van der Waals surface area (Å²) < 4.78 is 12.3. The van der Waals surface area contributed by atoms with Gasteiger partial charge in [-0.25, -0.2) is 0 Å². The molecule has 1 aliphatic heterocycles. The number of fused-ring (bicyclic) bond motifs is 5. The number of carbonyl (C=O) groups is 1. The van der Waals surface area contributed by atoms with Crippen LogP contribution < -0.4 is 15.2 Å². The molecule has 35 heavy (non-hydrogen) atoms. The van der Waals surface area contributed by atoms with E-state index in [1.165, 1.54) is 22.3 Å². The minimum Gasteiger partial charge on any atom is -0.447 e. The molecular formula is C30H33NO4. The van der Waals surface area contributed by atoms with Crippen molar-refractivity contribution in [3.8, 4) is 23.3 Å². The molecule has 0 aromatic heterocycles. The first-order valence-electron chi connectivity index (χ1n) is 13.2. The summed E-state index contributed by atoms with van der Waals surface area (Å²) in [5, 5.41) is 11.8. The lowest BCUT2D eigenvalue weighted by molar-refractivity contribution is -0.114. The zero-order valence-electron chi connectivity index (χ0n) is 20.5. The summed E-state index contributed by atoms with van der Waals surface area (Å²) in [7, 11) is 0. The second-order valence-electron chi connectivity index (χ2n) is 11.8. The van der Waals surface area contributed by atoms with Gasteiger partial charge in [-0.05, 0) is 92.2 Å². The Morgan fingerprint density at radius 1 is 1.11 bits per heavy atom. The molecule has 0 bridgehead atoms. The lowest BCUT2D eigenvalue weighted by Gasteiger charge is -2.53. The maximum Gasteiger partial charge on any atom is 0.268 e. The average molecular weight is 472 g/mol. The van der Waals surface area contributed by atoms with Crippen LogP contribution in [0.3, 0.4) is 0 Å². The molecule has 1 spiro atoms. The molecule has 7 atom stereocenters. The van der Waals surface area contributed by atoms with Crippen LogP contribution in [0, 0.1) is 29.1 Å². The largest absolute Gasteiger partial charge is 0.447 e. The van der Waals surface area contributed by atoms with Gasteiger partial charge in [0.05, 0.1) is 6.04 Å². The molecule has 5 aliphatic carbocycles. The van der Waals surface area contributed by atoms with E-state index in [1.54, 1.807) is 0 Å². The summed E-state index contributed by atoms with van der Waals surface area (Å²) in [5.41, 5.74) is 10.2. The normalized spacial score (nSPS) is 42.6. The molecule has 182 valence electrons. The van der Waals surface area contributed by atoms with Gasteiger partial charge in [-0.15, -0.1) is 5.92 Å². The fourth-order valence-electron chi connectivity index (χ4n) is 8.16.